The third-order valence-corrected chi connectivity index (χ3v) is 6.01. The average Bonchev–Trinajstić information content (AvgIpc) is 3.26. The molecule has 0 aliphatic carbocycles. The number of nitrogens with one attached hydrogen (secondary N) is 1. The predicted octanol–water partition coefficient (Wildman–Crippen LogP) is 5.42. The Morgan fingerprint density at radius 1 is 1.22 bits per heavy atom. The Balaban J connectivity index is 1.67. The van der Waals surface area contributed by atoms with Crippen molar-refractivity contribution in [3.05, 3.63) is 64.8 Å². The van der Waals surface area contributed by atoms with E-state index in [1.807, 2.05) is 61.7 Å². The molecular weight excluding hydrogens is 400 g/mol. The standard InChI is InChI=1S/C19H15ClN4OS2/c1-11-10-16(21-18(25)12-6-8-13(26-2)9-7-12)24(23-11)19-22-17-14(20)4-3-5-15(17)27-19/h3-10H,1-2H3,(H,21,25). The molecule has 4 aromatic rings. The van der Waals surface area contributed by atoms with Gasteiger partial charge in [-0.05, 0) is 49.6 Å². The average molecular weight is 415 g/mol. The number of benzene rings is 2. The number of carbonyl (C=O) groups is 1. The van der Waals surface area contributed by atoms with Crippen LogP contribution < -0.4 is 5.32 Å². The summed E-state index contributed by atoms with van der Waals surface area (Å²) in [5.41, 5.74) is 2.11. The second-order valence-corrected chi connectivity index (χ2v) is 8.14. The SMILES string of the molecule is CSc1ccc(C(=O)Nc2cc(C)nn2-c2nc3c(Cl)cccc3s2)cc1. The zero-order valence-corrected chi connectivity index (χ0v) is 17.0. The van der Waals surface area contributed by atoms with Gasteiger partial charge in [0.25, 0.3) is 5.91 Å². The van der Waals surface area contributed by atoms with Gasteiger partial charge in [-0.3, -0.25) is 4.79 Å². The van der Waals surface area contributed by atoms with Crippen molar-refractivity contribution in [3.63, 3.8) is 0 Å². The number of hydrogen-bond acceptors (Lipinski definition) is 5. The van der Waals surface area contributed by atoms with Gasteiger partial charge in [0, 0.05) is 16.5 Å². The lowest BCUT2D eigenvalue weighted by molar-refractivity contribution is 0.102. The van der Waals surface area contributed by atoms with Crippen LogP contribution in [0.5, 0.6) is 0 Å². The smallest absolute Gasteiger partial charge is 0.256 e. The topological polar surface area (TPSA) is 59.8 Å². The lowest BCUT2D eigenvalue weighted by Gasteiger charge is -2.07. The first-order chi connectivity index (χ1) is 13.0. The van der Waals surface area contributed by atoms with Gasteiger partial charge < -0.3 is 5.32 Å². The molecule has 0 aliphatic rings. The van der Waals surface area contributed by atoms with Crippen molar-refractivity contribution in [2.24, 2.45) is 0 Å². The van der Waals surface area contributed by atoms with Gasteiger partial charge in [0.2, 0.25) is 5.13 Å². The molecule has 5 nitrogen and oxygen atoms in total. The number of halogens is 1. The van der Waals surface area contributed by atoms with Gasteiger partial charge in [0.15, 0.2) is 0 Å². The van der Waals surface area contributed by atoms with E-state index in [1.54, 1.807) is 16.4 Å². The lowest BCUT2D eigenvalue weighted by Crippen LogP contribution is -2.15. The summed E-state index contributed by atoms with van der Waals surface area (Å²) in [5, 5.41) is 8.66. The maximum atomic E-state index is 12.6. The number of aryl methyl sites for hydroxylation is 1. The number of anilines is 1. The number of aromatic nitrogens is 3. The van der Waals surface area contributed by atoms with Gasteiger partial charge in [-0.15, -0.1) is 11.8 Å². The normalized spacial score (nSPS) is 11.1. The quantitative estimate of drug-likeness (QED) is 0.453. The van der Waals surface area contributed by atoms with Gasteiger partial charge in [-0.25, -0.2) is 4.98 Å². The highest BCUT2D eigenvalue weighted by Gasteiger charge is 2.16. The minimum atomic E-state index is -0.192. The van der Waals surface area contributed by atoms with E-state index >= 15 is 0 Å². The molecule has 4 rings (SSSR count). The van der Waals surface area contributed by atoms with E-state index in [0.29, 0.717) is 21.5 Å². The van der Waals surface area contributed by atoms with Crippen LogP contribution >= 0.6 is 34.7 Å². The molecule has 27 heavy (non-hydrogen) atoms. The summed E-state index contributed by atoms with van der Waals surface area (Å²) in [4.78, 5) is 18.3. The van der Waals surface area contributed by atoms with Crippen LogP contribution in [0.3, 0.4) is 0 Å². The molecule has 0 fully saturated rings. The fourth-order valence-corrected chi connectivity index (χ4v) is 4.30. The van der Waals surface area contributed by atoms with E-state index < -0.39 is 0 Å². The van der Waals surface area contributed by atoms with Crippen molar-refractivity contribution in [2.75, 3.05) is 11.6 Å². The van der Waals surface area contributed by atoms with Crippen molar-refractivity contribution in [1.82, 2.24) is 14.8 Å². The molecule has 0 bridgehead atoms. The van der Waals surface area contributed by atoms with Crippen LogP contribution in [0.2, 0.25) is 5.02 Å². The van der Waals surface area contributed by atoms with E-state index in [9.17, 15) is 4.79 Å². The van der Waals surface area contributed by atoms with Crippen LogP contribution in [0.15, 0.2) is 53.4 Å². The Morgan fingerprint density at radius 2 is 2.00 bits per heavy atom. The second-order valence-electron chi connectivity index (χ2n) is 5.85. The predicted molar refractivity (Wildman–Crippen MR) is 113 cm³/mol. The van der Waals surface area contributed by atoms with Crippen LogP contribution in [0.1, 0.15) is 16.1 Å². The molecule has 0 aliphatic heterocycles. The van der Waals surface area contributed by atoms with E-state index in [2.05, 4.69) is 15.4 Å². The zero-order valence-electron chi connectivity index (χ0n) is 14.6. The van der Waals surface area contributed by atoms with E-state index in [0.717, 1.165) is 20.8 Å². The van der Waals surface area contributed by atoms with Gasteiger partial charge in [-0.2, -0.15) is 9.78 Å². The van der Waals surface area contributed by atoms with Crippen molar-refractivity contribution < 1.29 is 4.79 Å². The lowest BCUT2D eigenvalue weighted by atomic mass is 10.2. The van der Waals surface area contributed by atoms with E-state index in [-0.39, 0.29) is 5.91 Å². The molecule has 0 unspecified atom stereocenters. The number of amides is 1. The number of para-hydroxylation sites is 1. The molecular formula is C19H15ClN4OS2. The third-order valence-electron chi connectivity index (χ3n) is 3.96. The fourth-order valence-electron chi connectivity index (χ4n) is 2.66. The molecule has 2 aromatic heterocycles. The highest BCUT2D eigenvalue weighted by atomic mass is 35.5. The van der Waals surface area contributed by atoms with Crippen LogP contribution in [0.4, 0.5) is 5.82 Å². The summed E-state index contributed by atoms with van der Waals surface area (Å²) in [7, 11) is 0. The first kappa shape index (κ1) is 18.0. The number of hydrogen-bond donors (Lipinski definition) is 1. The minimum absolute atomic E-state index is 0.192. The molecule has 1 amide bonds. The number of nitrogens with zero attached hydrogens (tertiary/aromatic N) is 3. The Labute approximate surface area is 169 Å². The third kappa shape index (κ3) is 3.58. The molecule has 0 spiro atoms. The Hall–Kier alpha value is -2.35. The number of fused-ring (bicyclic) bond motifs is 1. The van der Waals surface area contributed by atoms with Gasteiger partial charge in [-0.1, -0.05) is 29.0 Å². The Morgan fingerprint density at radius 3 is 2.70 bits per heavy atom. The number of thiazole rings is 1. The Bertz CT molecular complexity index is 1130. The Kier molecular flexibility index (Phi) is 4.90. The van der Waals surface area contributed by atoms with E-state index in [1.165, 1.54) is 11.3 Å². The van der Waals surface area contributed by atoms with Crippen LogP contribution in [-0.2, 0) is 0 Å². The molecule has 0 atom stereocenters. The molecule has 2 heterocycles. The maximum absolute atomic E-state index is 12.6. The van der Waals surface area contributed by atoms with Crippen molar-refractivity contribution >= 4 is 56.6 Å². The number of carbonyl (C=O) groups excluding carboxylic acids is 1. The monoisotopic (exact) mass is 414 g/mol. The van der Waals surface area contributed by atoms with Gasteiger partial charge in [0.1, 0.15) is 11.3 Å². The van der Waals surface area contributed by atoms with Crippen LogP contribution in [-0.4, -0.2) is 26.9 Å². The summed E-state index contributed by atoms with van der Waals surface area (Å²) in [6, 6.07) is 15.0. The number of thioether (sulfide) groups is 1. The molecule has 1 N–H and O–H groups in total. The maximum Gasteiger partial charge on any atom is 0.256 e. The van der Waals surface area contributed by atoms with Gasteiger partial charge in [0.05, 0.1) is 15.4 Å². The molecule has 136 valence electrons. The fraction of sp³-hybridized carbons (Fsp3) is 0.105. The van der Waals surface area contributed by atoms with Crippen LogP contribution in [0, 0.1) is 6.92 Å². The van der Waals surface area contributed by atoms with E-state index in [4.69, 9.17) is 11.6 Å². The van der Waals surface area contributed by atoms with Crippen molar-refractivity contribution in [3.8, 4) is 5.13 Å². The summed E-state index contributed by atoms with van der Waals surface area (Å²) in [6.07, 6.45) is 2.00. The van der Waals surface area contributed by atoms with Crippen molar-refractivity contribution in [2.45, 2.75) is 11.8 Å². The van der Waals surface area contributed by atoms with Crippen molar-refractivity contribution in [1.29, 1.82) is 0 Å². The molecule has 0 saturated heterocycles. The molecule has 0 saturated carbocycles. The molecule has 2 aromatic carbocycles. The molecule has 8 heteroatoms. The molecule has 0 radical (unpaired) electrons. The minimum Gasteiger partial charge on any atom is -0.306 e. The first-order valence-corrected chi connectivity index (χ1v) is 10.5. The largest absolute Gasteiger partial charge is 0.306 e. The summed E-state index contributed by atoms with van der Waals surface area (Å²) in [6.45, 7) is 1.87. The first-order valence-electron chi connectivity index (χ1n) is 8.12. The highest BCUT2D eigenvalue weighted by Crippen LogP contribution is 2.31. The van der Waals surface area contributed by atoms with Gasteiger partial charge >= 0.3 is 0 Å². The summed E-state index contributed by atoms with van der Waals surface area (Å²) >= 11 is 9.34. The van der Waals surface area contributed by atoms with Crippen LogP contribution in [0.25, 0.3) is 15.3 Å². The second kappa shape index (κ2) is 7.34. The summed E-state index contributed by atoms with van der Waals surface area (Å²) in [5.74, 6) is 0.379. The zero-order chi connectivity index (χ0) is 19.0. The summed E-state index contributed by atoms with van der Waals surface area (Å²) < 4.78 is 2.61. The number of rotatable bonds is 4. The highest BCUT2D eigenvalue weighted by molar-refractivity contribution is 7.98.